The van der Waals surface area contributed by atoms with Gasteiger partial charge in [0.05, 0.1) is 15.7 Å². The molecule has 0 saturated carbocycles. The van der Waals surface area contributed by atoms with Crippen molar-refractivity contribution in [3.63, 3.8) is 0 Å². The van der Waals surface area contributed by atoms with Crippen molar-refractivity contribution < 1.29 is 4.79 Å². The number of nitrogen functional groups attached to an aromatic ring is 1. The van der Waals surface area contributed by atoms with Gasteiger partial charge in [-0.05, 0) is 31.0 Å². The summed E-state index contributed by atoms with van der Waals surface area (Å²) < 4.78 is 0.999. The minimum Gasteiger partial charge on any atom is -0.375 e. The number of aromatic nitrogens is 1. The largest absolute Gasteiger partial charge is 0.375 e. The minimum atomic E-state index is -0.0226. The number of thiazole rings is 1. The number of thioether (sulfide) groups is 1. The minimum absolute atomic E-state index is 0.0226. The summed E-state index contributed by atoms with van der Waals surface area (Å²) in [5, 5.41) is 3.43. The molecule has 20 heavy (non-hydrogen) atoms. The van der Waals surface area contributed by atoms with Crippen LogP contribution in [0.2, 0.25) is 0 Å². The van der Waals surface area contributed by atoms with Gasteiger partial charge in [0, 0.05) is 5.69 Å². The monoisotopic (exact) mass is 307 g/mol. The molecule has 0 aliphatic rings. The van der Waals surface area contributed by atoms with Crippen molar-refractivity contribution >= 4 is 39.8 Å². The van der Waals surface area contributed by atoms with E-state index >= 15 is 0 Å². The molecule has 0 aliphatic carbocycles. The number of carbonyl (C=O) groups excluding carboxylic acids is 1. The van der Waals surface area contributed by atoms with E-state index in [2.05, 4.69) is 17.2 Å². The van der Waals surface area contributed by atoms with Crippen LogP contribution in [0.5, 0.6) is 0 Å². The predicted molar refractivity (Wildman–Crippen MR) is 86.4 cm³/mol. The zero-order valence-electron chi connectivity index (χ0n) is 11.5. The van der Waals surface area contributed by atoms with Gasteiger partial charge in [-0.1, -0.05) is 30.4 Å². The molecule has 0 bridgehead atoms. The first-order chi connectivity index (χ1) is 9.58. The number of anilines is 2. The molecule has 0 radical (unpaired) electrons. The van der Waals surface area contributed by atoms with E-state index in [1.165, 1.54) is 28.7 Å². The van der Waals surface area contributed by atoms with Crippen LogP contribution >= 0.6 is 23.1 Å². The van der Waals surface area contributed by atoms with Crippen LogP contribution in [0, 0.1) is 6.92 Å². The fourth-order valence-corrected chi connectivity index (χ4v) is 3.51. The smallest absolute Gasteiger partial charge is 0.234 e. The Labute approximate surface area is 126 Å². The van der Waals surface area contributed by atoms with Gasteiger partial charge in [0.25, 0.3) is 0 Å². The maximum absolute atomic E-state index is 11.9. The maximum atomic E-state index is 11.9. The van der Waals surface area contributed by atoms with Gasteiger partial charge in [-0.15, -0.1) is 11.8 Å². The Balaban J connectivity index is 1.87. The van der Waals surface area contributed by atoms with E-state index < -0.39 is 0 Å². The van der Waals surface area contributed by atoms with Crippen LogP contribution in [0.1, 0.15) is 18.2 Å². The van der Waals surface area contributed by atoms with Crippen molar-refractivity contribution in [2.45, 2.75) is 24.5 Å². The summed E-state index contributed by atoms with van der Waals surface area (Å²) in [6.07, 6.45) is 0.996. The third kappa shape index (κ3) is 3.98. The Morgan fingerprint density at radius 2 is 2.10 bits per heavy atom. The average molecular weight is 307 g/mol. The molecule has 0 unspecified atom stereocenters. The van der Waals surface area contributed by atoms with Gasteiger partial charge < -0.3 is 11.1 Å². The van der Waals surface area contributed by atoms with Crippen molar-refractivity contribution in [2.75, 3.05) is 16.8 Å². The van der Waals surface area contributed by atoms with Gasteiger partial charge >= 0.3 is 0 Å². The number of hydrogen-bond donors (Lipinski definition) is 2. The molecule has 0 spiro atoms. The van der Waals surface area contributed by atoms with Gasteiger partial charge in [-0.3, -0.25) is 4.79 Å². The van der Waals surface area contributed by atoms with Gasteiger partial charge in [-0.25, -0.2) is 4.98 Å². The second-order valence-corrected chi connectivity index (χ2v) is 6.59. The van der Waals surface area contributed by atoms with Gasteiger partial charge in [-0.2, -0.15) is 0 Å². The molecule has 0 atom stereocenters. The fourth-order valence-electron chi connectivity index (χ4n) is 1.69. The molecule has 106 valence electrons. The molecule has 1 aromatic carbocycles. The number of nitrogens with one attached hydrogen (secondary N) is 1. The molecule has 0 aliphatic heterocycles. The Hall–Kier alpha value is -1.53. The van der Waals surface area contributed by atoms with E-state index in [9.17, 15) is 4.79 Å². The van der Waals surface area contributed by atoms with E-state index in [1.54, 1.807) is 0 Å². The molecule has 0 saturated heterocycles. The first kappa shape index (κ1) is 14.9. The Bertz CT molecular complexity index is 593. The summed E-state index contributed by atoms with van der Waals surface area (Å²) in [7, 11) is 0. The molecule has 1 aromatic heterocycles. The number of benzene rings is 1. The highest BCUT2D eigenvalue weighted by molar-refractivity contribution is 8.01. The quantitative estimate of drug-likeness (QED) is 0.831. The molecule has 2 aromatic rings. The van der Waals surface area contributed by atoms with Crippen LogP contribution in [0.4, 0.5) is 10.8 Å². The van der Waals surface area contributed by atoms with Gasteiger partial charge in [0.15, 0.2) is 5.13 Å². The lowest BCUT2D eigenvalue weighted by atomic mass is 10.1. The van der Waals surface area contributed by atoms with Crippen LogP contribution in [-0.2, 0) is 11.2 Å². The van der Waals surface area contributed by atoms with Crippen LogP contribution in [0.15, 0.2) is 28.5 Å². The number of hydrogen-bond acceptors (Lipinski definition) is 5. The number of rotatable bonds is 5. The molecule has 1 heterocycles. The fraction of sp³-hybridized carbons (Fsp3) is 0.286. The number of carbonyl (C=O) groups is 1. The molecule has 0 fully saturated rings. The van der Waals surface area contributed by atoms with Crippen LogP contribution in [0.3, 0.4) is 0 Å². The summed E-state index contributed by atoms with van der Waals surface area (Å²) in [4.78, 5) is 16.0. The summed E-state index contributed by atoms with van der Waals surface area (Å²) >= 11 is 2.88. The van der Waals surface area contributed by atoms with Crippen molar-refractivity contribution in [3.05, 3.63) is 35.5 Å². The Kier molecular flexibility index (Phi) is 5.03. The predicted octanol–water partition coefficient (Wildman–Crippen LogP) is 3.33. The highest BCUT2D eigenvalue weighted by atomic mass is 32.2. The summed E-state index contributed by atoms with van der Waals surface area (Å²) in [6, 6.07) is 7.91. The topological polar surface area (TPSA) is 68.0 Å². The molecule has 6 heteroatoms. The first-order valence-electron chi connectivity index (χ1n) is 6.33. The van der Waals surface area contributed by atoms with E-state index in [0.29, 0.717) is 10.9 Å². The van der Waals surface area contributed by atoms with Gasteiger partial charge in [0.1, 0.15) is 0 Å². The van der Waals surface area contributed by atoms with Crippen molar-refractivity contribution in [3.8, 4) is 0 Å². The third-order valence-corrected chi connectivity index (χ3v) is 5.10. The molecule has 3 N–H and O–H groups in total. The highest BCUT2D eigenvalue weighted by Gasteiger charge is 2.09. The number of nitrogens with two attached hydrogens (primary N) is 1. The number of nitrogens with zero attached hydrogens (tertiary/aromatic N) is 1. The number of amides is 1. The zero-order valence-corrected chi connectivity index (χ0v) is 13.1. The lowest BCUT2D eigenvalue weighted by molar-refractivity contribution is -0.113. The molecule has 1 amide bonds. The van der Waals surface area contributed by atoms with Crippen LogP contribution in [-0.4, -0.2) is 16.6 Å². The molecular weight excluding hydrogens is 290 g/mol. The normalized spacial score (nSPS) is 10.5. The standard InChI is InChI=1S/C14H17N3OS2/c1-3-10-4-6-11(7-5-10)17-12(18)8-19-13-9(2)16-14(15)20-13/h4-7H,3,8H2,1-2H3,(H2,15,16)(H,17,18). The zero-order chi connectivity index (χ0) is 14.5. The second-order valence-electron chi connectivity index (χ2n) is 4.31. The summed E-state index contributed by atoms with van der Waals surface area (Å²) in [5.41, 5.74) is 8.60. The molecular formula is C14H17N3OS2. The summed E-state index contributed by atoms with van der Waals surface area (Å²) in [6.45, 7) is 4.00. The van der Waals surface area contributed by atoms with E-state index in [4.69, 9.17) is 5.73 Å². The third-order valence-electron chi connectivity index (χ3n) is 2.75. The van der Waals surface area contributed by atoms with Gasteiger partial charge in [0.2, 0.25) is 5.91 Å². The Morgan fingerprint density at radius 3 is 2.65 bits per heavy atom. The lowest BCUT2D eigenvalue weighted by Gasteiger charge is -2.05. The van der Waals surface area contributed by atoms with Crippen LogP contribution in [0.25, 0.3) is 0 Å². The summed E-state index contributed by atoms with van der Waals surface area (Å²) in [5.74, 6) is 0.337. The molecule has 2 rings (SSSR count). The van der Waals surface area contributed by atoms with E-state index in [-0.39, 0.29) is 5.91 Å². The average Bonchev–Trinajstić information content (AvgIpc) is 2.75. The lowest BCUT2D eigenvalue weighted by Crippen LogP contribution is -2.13. The van der Waals surface area contributed by atoms with E-state index in [1.807, 2.05) is 31.2 Å². The first-order valence-corrected chi connectivity index (χ1v) is 8.13. The highest BCUT2D eigenvalue weighted by Crippen LogP contribution is 2.30. The molecule has 4 nitrogen and oxygen atoms in total. The SMILES string of the molecule is CCc1ccc(NC(=O)CSc2sc(N)nc2C)cc1. The van der Waals surface area contributed by atoms with Crippen LogP contribution < -0.4 is 11.1 Å². The Morgan fingerprint density at radius 1 is 1.40 bits per heavy atom. The second kappa shape index (κ2) is 6.76. The van der Waals surface area contributed by atoms with Crippen molar-refractivity contribution in [1.29, 1.82) is 0 Å². The maximum Gasteiger partial charge on any atom is 0.234 e. The van der Waals surface area contributed by atoms with Crippen molar-refractivity contribution in [2.24, 2.45) is 0 Å². The van der Waals surface area contributed by atoms with Crippen molar-refractivity contribution in [1.82, 2.24) is 4.98 Å². The number of aryl methyl sites for hydroxylation is 2. The van der Waals surface area contributed by atoms with E-state index in [0.717, 1.165) is 22.0 Å².